The molecule has 0 aromatic rings. The first-order valence-electron chi connectivity index (χ1n) is 6.10. The van der Waals surface area contributed by atoms with Crippen LogP contribution in [-0.4, -0.2) is 26.3 Å². The van der Waals surface area contributed by atoms with Crippen molar-refractivity contribution < 1.29 is 4.74 Å². The molecule has 0 rings (SSSR count). The lowest BCUT2D eigenvalue weighted by Crippen LogP contribution is -2.24. The molecule has 86 valence electrons. The summed E-state index contributed by atoms with van der Waals surface area (Å²) in [6.45, 7) is 6.33. The van der Waals surface area contributed by atoms with Gasteiger partial charge >= 0.3 is 0 Å². The molecule has 0 saturated carbocycles. The monoisotopic (exact) mass is 201 g/mol. The summed E-state index contributed by atoms with van der Waals surface area (Å²) >= 11 is 0. The van der Waals surface area contributed by atoms with Crippen molar-refractivity contribution >= 4 is 0 Å². The van der Waals surface area contributed by atoms with E-state index in [-0.39, 0.29) is 0 Å². The van der Waals surface area contributed by atoms with Crippen LogP contribution in [0, 0.1) is 0 Å². The molecule has 1 unspecified atom stereocenters. The fourth-order valence-electron chi connectivity index (χ4n) is 1.54. The van der Waals surface area contributed by atoms with Crippen molar-refractivity contribution in [1.82, 2.24) is 5.32 Å². The molecule has 1 atom stereocenters. The van der Waals surface area contributed by atoms with E-state index in [0.29, 0.717) is 6.04 Å². The molecule has 0 radical (unpaired) electrons. The second-order valence-corrected chi connectivity index (χ2v) is 3.86. The second-order valence-electron chi connectivity index (χ2n) is 3.86. The number of rotatable bonds is 10. The number of hydrogen-bond donors (Lipinski definition) is 1. The smallest absolute Gasteiger partial charge is 0.0466 e. The van der Waals surface area contributed by atoms with Crippen molar-refractivity contribution in [3.05, 3.63) is 0 Å². The van der Waals surface area contributed by atoms with E-state index in [9.17, 15) is 0 Å². The highest BCUT2D eigenvalue weighted by Crippen LogP contribution is 2.01. The van der Waals surface area contributed by atoms with Crippen LogP contribution < -0.4 is 5.32 Å². The topological polar surface area (TPSA) is 21.3 Å². The van der Waals surface area contributed by atoms with E-state index in [1.807, 2.05) is 7.05 Å². The summed E-state index contributed by atoms with van der Waals surface area (Å²) in [5, 5.41) is 3.31. The molecule has 0 aliphatic carbocycles. The quantitative estimate of drug-likeness (QED) is 0.549. The van der Waals surface area contributed by atoms with Gasteiger partial charge in [-0.2, -0.15) is 0 Å². The summed E-state index contributed by atoms with van der Waals surface area (Å²) in [6, 6.07) is 0.675. The van der Waals surface area contributed by atoms with Crippen LogP contribution in [0.25, 0.3) is 0 Å². The average molecular weight is 201 g/mol. The zero-order valence-corrected chi connectivity index (χ0v) is 10.1. The minimum absolute atomic E-state index is 0.675. The highest BCUT2D eigenvalue weighted by atomic mass is 16.5. The summed E-state index contributed by atoms with van der Waals surface area (Å²) in [6.07, 6.45) is 7.44. The Kier molecular flexibility index (Phi) is 10.9. The van der Waals surface area contributed by atoms with E-state index in [1.54, 1.807) is 0 Å². The Morgan fingerprint density at radius 1 is 1.07 bits per heavy atom. The summed E-state index contributed by atoms with van der Waals surface area (Å²) in [5.74, 6) is 0. The van der Waals surface area contributed by atoms with Crippen molar-refractivity contribution in [2.24, 2.45) is 0 Å². The number of unbranched alkanes of at least 4 members (excludes halogenated alkanes) is 2. The Morgan fingerprint density at radius 2 is 1.79 bits per heavy atom. The minimum Gasteiger partial charge on any atom is -0.381 e. The molecule has 0 amide bonds. The predicted molar refractivity (Wildman–Crippen MR) is 62.7 cm³/mol. The van der Waals surface area contributed by atoms with Crippen molar-refractivity contribution in [2.75, 3.05) is 20.3 Å². The Hall–Kier alpha value is -0.0800. The fraction of sp³-hybridized carbons (Fsp3) is 1.00. The van der Waals surface area contributed by atoms with Gasteiger partial charge in [-0.1, -0.05) is 26.7 Å². The SMILES string of the molecule is CCCCCOCCCC(CC)NC. The molecule has 0 fully saturated rings. The first-order valence-corrected chi connectivity index (χ1v) is 6.10. The molecule has 0 aromatic heterocycles. The lowest BCUT2D eigenvalue weighted by molar-refractivity contribution is 0.124. The maximum Gasteiger partial charge on any atom is 0.0466 e. The zero-order valence-electron chi connectivity index (χ0n) is 10.1. The third-order valence-corrected chi connectivity index (χ3v) is 2.63. The summed E-state index contributed by atoms with van der Waals surface area (Å²) in [5.41, 5.74) is 0. The van der Waals surface area contributed by atoms with Gasteiger partial charge in [-0.3, -0.25) is 0 Å². The molecule has 1 N–H and O–H groups in total. The normalized spacial score (nSPS) is 13.1. The molecular weight excluding hydrogens is 174 g/mol. The van der Waals surface area contributed by atoms with Crippen molar-refractivity contribution in [3.8, 4) is 0 Å². The highest BCUT2D eigenvalue weighted by molar-refractivity contribution is 4.60. The van der Waals surface area contributed by atoms with E-state index < -0.39 is 0 Å². The fourth-order valence-corrected chi connectivity index (χ4v) is 1.54. The summed E-state index contributed by atoms with van der Waals surface area (Å²) < 4.78 is 5.55. The van der Waals surface area contributed by atoms with Gasteiger partial charge in [0.05, 0.1) is 0 Å². The molecule has 0 aliphatic rings. The summed E-state index contributed by atoms with van der Waals surface area (Å²) in [7, 11) is 2.04. The van der Waals surface area contributed by atoms with E-state index >= 15 is 0 Å². The summed E-state index contributed by atoms with van der Waals surface area (Å²) in [4.78, 5) is 0. The van der Waals surface area contributed by atoms with Gasteiger partial charge in [-0.15, -0.1) is 0 Å². The molecule has 0 spiro atoms. The van der Waals surface area contributed by atoms with Crippen LogP contribution in [0.2, 0.25) is 0 Å². The van der Waals surface area contributed by atoms with Gasteiger partial charge in [-0.25, -0.2) is 0 Å². The lowest BCUT2D eigenvalue weighted by atomic mass is 10.1. The van der Waals surface area contributed by atoms with Crippen LogP contribution in [-0.2, 0) is 4.74 Å². The van der Waals surface area contributed by atoms with Gasteiger partial charge in [0.2, 0.25) is 0 Å². The van der Waals surface area contributed by atoms with Crippen LogP contribution >= 0.6 is 0 Å². The van der Waals surface area contributed by atoms with Crippen LogP contribution in [0.5, 0.6) is 0 Å². The van der Waals surface area contributed by atoms with Gasteiger partial charge in [0.25, 0.3) is 0 Å². The maximum absolute atomic E-state index is 5.55. The Balaban J connectivity index is 3.04. The van der Waals surface area contributed by atoms with Crippen LogP contribution in [0.15, 0.2) is 0 Å². The Morgan fingerprint density at radius 3 is 2.36 bits per heavy atom. The van der Waals surface area contributed by atoms with Crippen LogP contribution in [0.1, 0.15) is 52.4 Å². The molecule has 14 heavy (non-hydrogen) atoms. The van der Waals surface area contributed by atoms with Crippen molar-refractivity contribution in [3.63, 3.8) is 0 Å². The molecular formula is C12H27NO. The van der Waals surface area contributed by atoms with Gasteiger partial charge in [0.15, 0.2) is 0 Å². The molecule has 2 heteroatoms. The second kappa shape index (κ2) is 11.0. The van der Waals surface area contributed by atoms with E-state index in [2.05, 4.69) is 19.2 Å². The molecule has 0 aliphatic heterocycles. The molecule has 0 bridgehead atoms. The van der Waals surface area contributed by atoms with E-state index in [4.69, 9.17) is 4.74 Å². The van der Waals surface area contributed by atoms with Gasteiger partial charge < -0.3 is 10.1 Å². The molecule has 2 nitrogen and oxygen atoms in total. The largest absolute Gasteiger partial charge is 0.381 e. The number of nitrogens with one attached hydrogen (secondary N) is 1. The Labute approximate surface area is 89.4 Å². The standard InChI is InChI=1S/C12H27NO/c1-4-6-7-10-14-11-8-9-12(5-2)13-3/h12-13H,4-11H2,1-3H3. The minimum atomic E-state index is 0.675. The predicted octanol–water partition coefficient (Wildman–Crippen LogP) is 2.97. The van der Waals surface area contributed by atoms with E-state index in [1.165, 1.54) is 38.5 Å². The first-order chi connectivity index (χ1) is 6.85. The van der Waals surface area contributed by atoms with Gasteiger partial charge in [0, 0.05) is 19.3 Å². The van der Waals surface area contributed by atoms with Crippen LogP contribution in [0.4, 0.5) is 0 Å². The van der Waals surface area contributed by atoms with E-state index in [0.717, 1.165) is 13.2 Å². The third kappa shape index (κ3) is 8.52. The third-order valence-electron chi connectivity index (χ3n) is 2.63. The lowest BCUT2D eigenvalue weighted by Gasteiger charge is -2.13. The molecule has 0 saturated heterocycles. The number of hydrogen-bond acceptors (Lipinski definition) is 2. The van der Waals surface area contributed by atoms with Gasteiger partial charge in [0.1, 0.15) is 0 Å². The molecule has 0 aromatic carbocycles. The highest BCUT2D eigenvalue weighted by Gasteiger charge is 2.01. The first kappa shape index (κ1) is 13.9. The number of ether oxygens (including phenoxy) is 1. The molecule has 0 heterocycles. The van der Waals surface area contributed by atoms with Crippen molar-refractivity contribution in [2.45, 2.75) is 58.4 Å². The Bertz CT molecular complexity index is 102. The van der Waals surface area contributed by atoms with Crippen LogP contribution in [0.3, 0.4) is 0 Å². The average Bonchev–Trinajstić information content (AvgIpc) is 2.22. The van der Waals surface area contributed by atoms with Crippen molar-refractivity contribution in [1.29, 1.82) is 0 Å². The van der Waals surface area contributed by atoms with Gasteiger partial charge in [-0.05, 0) is 32.7 Å². The maximum atomic E-state index is 5.55. The zero-order chi connectivity index (χ0) is 10.6.